The minimum absolute atomic E-state index is 0.00765. The Morgan fingerprint density at radius 1 is 1.11 bits per heavy atom. The standard InChI is InChI=1S/C27H30Cl2N2O4/c1-16(32)27(2,11-10-17-6-8-20(28)9-7-17)24-22(19-4-3-5-21(29)14-19)12-18(15-30-24)13-23-25(33)31-26(34)35-23/h3-9,14,18,22-24,30H,10-13,15H2,1-2H3,(H,31,33,34)/t18-,22-,23?,24+,27?/m1/s1. The molecule has 35 heavy (non-hydrogen) atoms. The summed E-state index contributed by atoms with van der Waals surface area (Å²) in [7, 11) is 0. The minimum Gasteiger partial charge on any atom is -0.436 e. The van der Waals surface area contributed by atoms with Crippen LogP contribution in [0.2, 0.25) is 10.0 Å². The third kappa shape index (κ3) is 5.88. The molecule has 2 N–H and O–H groups in total. The van der Waals surface area contributed by atoms with Gasteiger partial charge >= 0.3 is 6.09 Å². The van der Waals surface area contributed by atoms with Crippen molar-refractivity contribution >= 4 is 41.0 Å². The number of halogens is 2. The topological polar surface area (TPSA) is 84.5 Å². The van der Waals surface area contributed by atoms with Gasteiger partial charge in [-0.2, -0.15) is 0 Å². The smallest absolute Gasteiger partial charge is 0.414 e. The van der Waals surface area contributed by atoms with E-state index in [1.165, 1.54) is 0 Å². The van der Waals surface area contributed by atoms with Crippen molar-refractivity contribution in [3.63, 3.8) is 0 Å². The highest BCUT2D eigenvalue weighted by atomic mass is 35.5. The second kappa shape index (κ2) is 10.7. The second-order valence-corrected chi connectivity index (χ2v) is 10.7. The zero-order chi connectivity index (χ0) is 25.2. The molecular weight excluding hydrogens is 487 g/mol. The van der Waals surface area contributed by atoms with Crippen molar-refractivity contribution in [2.75, 3.05) is 6.54 Å². The quantitative estimate of drug-likeness (QED) is 0.496. The molecule has 0 spiro atoms. The van der Waals surface area contributed by atoms with Gasteiger partial charge in [0, 0.05) is 27.4 Å². The number of aryl methyl sites for hydroxylation is 1. The summed E-state index contributed by atoms with van der Waals surface area (Å²) < 4.78 is 5.15. The predicted molar refractivity (Wildman–Crippen MR) is 136 cm³/mol. The van der Waals surface area contributed by atoms with Crippen molar-refractivity contribution in [2.24, 2.45) is 11.3 Å². The van der Waals surface area contributed by atoms with E-state index < -0.39 is 23.5 Å². The van der Waals surface area contributed by atoms with Gasteiger partial charge < -0.3 is 10.1 Å². The number of hydrogen-bond donors (Lipinski definition) is 2. The lowest BCUT2D eigenvalue weighted by Gasteiger charge is -2.46. The fraction of sp³-hybridized carbons (Fsp3) is 0.444. The second-order valence-electron chi connectivity index (χ2n) is 9.87. The maximum atomic E-state index is 13.1. The van der Waals surface area contributed by atoms with Crippen molar-refractivity contribution in [3.8, 4) is 0 Å². The Kier molecular flexibility index (Phi) is 7.84. The normalized spacial score (nSPS) is 26.1. The lowest BCUT2D eigenvalue weighted by atomic mass is 9.64. The number of nitrogens with one attached hydrogen (secondary N) is 2. The van der Waals surface area contributed by atoms with Gasteiger partial charge in [0.1, 0.15) is 5.78 Å². The molecule has 4 rings (SSSR count). The van der Waals surface area contributed by atoms with Crippen molar-refractivity contribution in [1.29, 1.82) is 0 Å². The molecule has 2 aliphatic rings. The molecule has 0 saturated carbocycles. The summed E-state index contributed by atoms with van der Waals surface area (Å²) in [6.45, 7) is 4.31. The van der Waals surface area contributed by atoms with E-state index in [9.17, 15) is 14.4 Å². The van der Waals surface area contributed by atoms with E-state index in [0.29, 0.717) is 29.4 Å². The van der Waals surface area contributed by atoms with Crippen molar-refractivity contribution in [1.82, 2.24) is 10.6 Å². The number of carbonyl (C=O) groups is 3. The van der Waals surface area contributed by atoms with Gasteiger partial charge in [-0.15, -0.1) is 0 Å². The molecule has 2 heterocycles. The molecule has 2 unspecified atom stereocenters. The van der Waals surface area contributed by atoms with Crippen molar-refractivity contribution in [2.45, 2.75) is 57.6 Å². The third-order valence-corrected chi connectivity index (χ3v) is 8.03. The molecule has 2 aliphatic heterocycles. The monoisotopic (exact) mass is 516 g/mol. The summed E-state index contributed by atoms with van der Waals surface area (Å²) in [5.41, 5.74) is 1.55. The molecule has 8 heteroatoms. The number of piperidine rings is 1. The Bertz CT molecular complexity index is 1110. The van der Waals surface area contributed by atoms with Gasteiger partial charge in [-0.05, 0) is 80.5 Å². The summed E-state index contributed by atoms with van der Waals surface area (Å²) in [6.07, 6.45) is 1.11. The van der Waals surface area contributed by atoms with Crippen LogP contribution in [0.5, 0.6) is 0 Å². The number of ether oxygens (including phenoxy) is 1. The van der Waals surface area contributed by atoms with Crippen LogP contribution in [0.15, 0.2) is 48.5 Å². The van der Waals surface area contributed by atoms with Crippen LogP contribution in [0.4, 0.5) is 4.79 Å². The highest BCUT2D eigenvalue weighted by molar-refractivity contribution is 6.30. The third-order valence-electron chi connectivity index (χ3n) is 7.54. The van der Waals surface area contributed by atoms with Crippen LogP contribution >= 0.6 is 23.2 Å². The van der Waals surface area contributed by atoms with E-state index in [0.717, 1.165) is 24.0 Å². The molecular formula is C27H30Cl2N2O4. The number of alkyl carbamates (subject to hydrolysis) is 1. The first-order valence-electron chi connectivity index (χ1n) is 11.9. The van der Waals surface area contributed by atoms with Gasteiger partial charge in [0.25, 0.3) is 5.91 Å². The molecule has 186 valence electrons. The lowest BCUT2D eigenvalue weighted by molar-refractivity contribution is -0.128. The predicted octanol–water partition coefficient (Wildman–Crippen LogP) is 5.31. The molecule has 0 aromatic heterocycles. The first-order chi connectivity index (χ1) is 16.7. The van der Waals surface area contributed by atoms with Gasteiger partial charge in [0.05, 0.1) is 0 Å². The number of ketones is 1. The number of rotatable bonds is 8. The largest absolute Gasteiger partial charge is 0.436 e. The average Bonchev–Trinajstić information content (AvgIpc) is 3.14. The lowest BCUT2D eigenvalue weighted by Crippen LogP contribution is -2.56. The first kappa shape index (κ1) is 25.7. The highest BCUT2D eigenvalue weighted by Gasteiger charge is 2.46. The van der Waals surface area contributed by atoms with Crippen LogP contribution in [0.1, 0.15) is 50.2 Å². The number of benzene rings is 2. The molecule has 6 nitrogen and oxygen atoms in total. The number of Topliss-reactive ketones (excluding diaryl/α,β-unsaturated/α-hetero) is 1. The van der Waals surface area contributed by atoms with Crippen molar-refractivity contribution in [3.05, 3.63) is 69.7 Å². The van der Waals surface area contributed by atoms with Crippen molar-refractivity contribution < 1.29 is 19.1 Å². The van der Waals surface area contributed by atoms with Gasteiger partial charge in [0.15, 0.2) is 6.10 Å². The van der Waals surface area contributed by atoms with E-state index in [2.05, 4.69) is 10.6 Å². The molecule has 0 bridgehead atoms. The van der Waals surface area contributed by atoms with Crippen LogP contribution < -0.4 is 10.6 Å². The number of amides is 2. The Morgan fingerprint density at radius 3 is 2.49 bits per heavy atom. The minimum atomic E-state index is -0.782. The van der Waals surface area contributed by atoms with Gasteiger partial charge in [-0.25, -0.2) is 4.79 Å². The number of cyclic esters (lactones) is 1. The molecule has 2 amide bonds. The van der Waals surface area contributed by atoms with E-state index in [1.54, 1.807) is 6.92 Å². The van der Waals surface area contributed by atoms with Crippen LogP contribution in [0.3, 0.4) is 0 Å². The molecule has 2 aromatic carbocycles. The summed E-state index contributed by atoms with van der Waals surface area (Å²) in [5, 5.41) is 7.17. The number of hydrogen-bond acceptors (Lipinski definition) is 5. The zero-order valence-corrected chi connectivity index (χ0v) is 21.4. The molecule has 2 saturated heterocycles. The average molecular weight is 517 g/mol. The maximum Gasteiger partial charge on any atom is 0.414 e. The SMILES string of the molecule is CC(=O)C(C)(CCc1ccc(Cl)cc1)[C@H]1NC[C@@H](CC2OC(=O)NC2=O)C[C@@H]1c1cccc(Cl)c1. The van der Waals surface area contributed by atoms with E-state index in [1.807, 2.05) is 55.5 Å². The zero-order valence-electron chi connectivity index (χ0n) is 19.9. The summed E-state index contributed by atoms with van der Waals surface area (Å²) in [6, 6.07) is 15.3. The van der Waals surface area contributed by atoms with Crippen LogP contribution in [-0.2, 0) is 20.7 Å². The van der Waals surface area contributed by atoms with Crippen LogP contribution in [-0.4, -0.2) is 36.5 Å². The van der Waals surface area contributed by atoms with Gasteiger partial charge in [0.2, 0.25) is 0 Å². The Balaban J connectivity index is 1.58. The molecule has 0 aliphatic carbocycles. The van der Waals surface area contributed by atoms with Gasteiger partial charge in [-0.1, -0.05) is 54.4 Å². The number of imide groups is 1. The highest BCUT2D eigenvalue weighted by Crippen LogP contribution is 2.43. The molecule has 5 atom stereocenters. The van der Waals surface area contributed by atoms with Crippen LogP contribution in [0.25, 0.3) is 0 Å². The van der Waals surface area contributed by atoms with E-state index in [-0.39, 0.29) is 23.7 Å². The summed E-state index contributed by atoms with van der Waals surface area (Å²) in [5.74, 6) is -0.192. The fourth-order valence-corrected chi connectivity index (χ4v) is 5.71. The van der Waals surface area contributed by atoms with Crippen LogP contribution in [0, 0.1) is 11.3 Å². The Hall–Kier alpha value is -2.41. The first-order valence-corrected chi connectivity index (χ1v) is 12.7. The summed E-state index contributed by atoms with van der Waals surface area (Å²) >= 11 is 12.4. The fourth-order valence-electron chi connectivity index (χ4n) is 5.39. The molecule has 0 radical (unpaired) electrons. The molecule has 2 aromatic rings. The van der Waals surface area contributed by atoms with E-state index in [4.69, 9.17) is 27.9 Å². The molecule has 2 fully saturated rings. The van der Waals surface area contributed by atoms with E-state index >= 15 is 0 Å². The maximum absolute atomic E-state index is 13.1. The number of carbonyl (C=O) groups excluding carboxylic acids is 3. The Labute approximate surface area is 215 Å². The Morgan fingerprint density at radius 2 is 1.86 bits per heavy atom. The van der Waals surface area contributed by atoms with Gasteiger partial charge in [-0.3, -0.25) is 14.9 Å². The summed E-state index contributed by atoms with van der Waals surface area (Å²) in [4.78, 5) is 36.7.